The van der Waals surface area contributed by atoms with Gasteiger partial charge in [0.05, 0.1) is 17.7 Å². The Morgan fingerprint density at radius 2 is 2.11 bits per heavy atom. The summed E-state index contributed by atoms with van der Waals surface area (Å²) in [4.78, 5) is 2.15. The number of anilines is 1. The lowest BCUT2D eigenvalue weighted by atomic mass is 10.0. The molecule has 0 aliphatic rings. The Morgan fingerprint density at radius 3 is 2.63 bits per heavy atom. The van der Waals surface area contributed by atoms with Crippen molar-refractivity contribution in [3.63, 3.8) is 0 Å². The monoisotopic (exact) mass is 278 g/mol. The zero-order valence-electron chi connectivity index (χ0n) is 12.1. The second kappa shape index (κ2) is 7.42. The van der Waals surface area contributed by atoms with E-state index in [2.05, 4.69) is 24.1 Å². The van der Waals surface area contributed by atoms with Crippen LogP contribution in [-0.4, -0.2) is 30.2 Å². The van der Waals surface area contributed by atoms with E-state index in [1.165, 1.54) is 0 Å². The van der Waals surface area contributed by atoms with Gasteiger partial charge in [-0.05, 0) is 44.4 Å². The molecule has 0 radical (unpaired) electrons. The van der Waals surface area contributed by atoms with Gasteiger partial charge in [-0.25, -0.2) is 0 Å². The molecule has 1 N–H and O–H groups in total. The van der Waals surface area contributed by atoms with E-state index in [0.717, 1.165) is 23.4 Å². The van der Waals surface area contributed by atoms with Gasteiger partial charge in [-0.3, -0.25) is 0 Å². The topological polar surface area (TPSA) is 47.3 Å². The Kier molecular flexibility index (Phi) is 6.20. The minimum absolute atomic E-state index is 0.374. The lowest BCUT2D eigenvalue weighted by Crippen LogP contribution is -2.30. The molecule has 1 unspecified atom stereocenters. The summed E-state index contributed by atoms with van der Waals surface area (Å²) in [5.41, 5.74) is 2.45. The summed E-state index contributed by atoms with van der Waals surface area (Å²) in [7, 11) is 2.02. The predicted octanol–water partition coefficient (Wildman–Crippen LogP) is 3.19. The summed E-state index contributed by atoms with van der Waals surface area (Å²) in [5, 5.41) is 18.9. The third-order valence-electron chi connectivity index (χ3n) is 3.39. The molecule has 3 nitrogen and oxygen atoms in total. The first-order valence-corrected chi connectivity index (χ1v) is 7.84. The van der Waals surface area contributed by atoms with Crippen molar-refractivity contribution >= 4 is 17.4 Å². The maximum absolute atomic E-state index is 9.86. The Morgan fingerprint density at radius 1 is 1.42 bits per heavy atom. The average Bonchev–Trinajstić information content (AvgIpc) is 2.42. The normalized spacial score (nSPS) is 13.7. The van der Waals surface area contributed by atoms with Crippen molar-refractivity contribution in [2.45, 2.75) is 32.4 Å². The first-order valence-electron chi connectivity index (χ1n) is 6.45. The molecule has 19 heavy (non-hydrogen) atoms. The minimum Gasteiger partial charge on any atom is -0.389 e. The van der Waals surface area contributed by atoms with Gasteiger partial charge in [0, 0.05) is 24.3 Å². The van der Waals surface area contributed by atoms with Gasteiger partial charge in [0.25, 0.3) is 0 Å². The SMILES string of the molecule is CSCCC(C)N(C)c1cc(C#N)ccc1[C@H](C)O. The molecule has 0 spiro atoms. The maximum Gasteiger partial charge on any atom is 0.0992 e. The molecule has 0 fully saturated rings. The van der Waals surface area contributed by atoms with Crippen LogP contribution in [0.2, 0.25) is 0 Å². The predicted molar refractivity (Wildman–Crippen MR) is 82.7 cm³/mol. The number of aliphatic hydroxyl groups is 1. The van der Waals surface area contributed by atoms with Crippen molar-refractivity contribution in [3.05, 3.63) is 29.3 Å². The standard InChI is InChI=1S/C15H22N2OS/c1-11(7-8-19-4)17(3)15-9-13(10-16)5-6-14(15)12(2)18/h5-6,9,11-12,18H,7-8H2,1-4H3/t11?,12-/m0/s1. The fourth-order valence-electron chi connectivity index (χ4n) is 1.99. The Labute approximate surface area is 120 Å². The molecular weight excluding hydrogens is 256 g/mol. The van der Waals surface area contributed by atoms with Gasteiger partial charge >= 0.3 is 0 Å². The maximum atomic E-state index is 9.86. The Hall–Kier alpha value is -1.18. The summed E-state index contributed by atoms with van der Waals surface area (Å²) in [5.74, 6) is 1.10. The zero-order chi connectivity index (χ0) is 14.4. The molecule has 1 rings (SSSR count). The number of aliphatic hydroxyl groups excluding tert-OH is 1. The van der Waals surface area contributed by atoms with Crippen molar-refractivity contribution in [2.24, 2.45) is 0 Å². The molecule has 0 saturated carbocycles. The third-order valence-corrected chi connectivity index (χ3v) is 4.03. The largest absolute Gasteiger partial charge is 0.389 e. The molecular formula is C15H22N2OS. The lowest BCUT2D eigenvalue weighted by molar-refractivity contribution is 0.199. The molecule has 0 aliphatic carbocycles. The van der Waals surface area contributed by atoms with Crippen LogP contribution in [0.1, 0.15) is 37.5 Å². The summed E-state index contributed by atoms with van der Waals surface area (Å²) < 4.78 is 0. The molecule has 0 aromatic heterocycles. The van der Waals surface area contributed by atoms with E-state index in [-0.39, 0.29) is 0 Å². The smallest absolute Gasteiger partial charge is 0.0992 e. The first kappa shape index (κ1) is 15.9. The summed E-state index contributed by atoms with van der Waals surface area (Å²) in [6, 6.07) is 7.99. The molecule has 1 aromatic rings. The zero-order valence-corrected chi connectivity index (χ0v) is 12.9. The van der Waals surface area contributed by atoms with E-state index < -0.39 is 6.10 Å². The van der Waals surface area contributed by atoms with Crippen molar-refractivity contribution in [1.29, 1.82) is 5.26 Å². The van der Waals surface area contributed by atoms with Crippen LogP contribution in [0.5, 0.6) is 0 Å². The highest BCUT2D eigenvalue weighted by molar-refractivity contribution is 7.98. The van der Waals surface area contributed by atoms with E-state index in [1.54, 1.807) is 13.0 Å². The highest BCUT2D eigenvalue weighted by Crippen LogP contribution is 2.28. The molecule has 0 heterocycles. The summed E-state index contributed by atoms with van der Waals surface area (Å²) in [6.45, 7) is 3.92. The van der Waals surface area contributed by atoms with Gasteiger partial charge in [-0.2, -0.15) is 17.0 Å². The molecule has 0 saturated heterocycles. The number of benzene rings is 1. The van der Waals surface area contributed by atoms with E-state index in [1.807, 2.05) is 30.9 Å². The highest BCUT2D eigenvalue weighted by Gasteiger charge is 2.16. The molecule has 0 bridgehead atoms. The van der Waals surface area contributed by atoms with Crippen molar-refractivity contribution in [1.82, 2.24) is 0 Å². The molecule has 1 aromatic carbocycles. The van der Waals surface area contributed by atoms with Crippen molar-refractivity contribution in [3.8, 4) is 6.07 Å². The number of nitrogens with zero attached hydrogens (tertiary/aromatic N) is 2. The van der Waals surface area contributed by atoms with Gasteiger partial charge in [0.1, 0.15) is 0 Å². The van der Waals surface area contributed by atoms with Gasteiger partial charge < -0.3 is 10.0 Å². The summed E-state index contributed by atoms with van der Waals surface area (Å²) in [6.07, 6.45) is 2.65. The minimum atomic E-state index is -0.530. The van der Waals surface area contributed by atoms with Crippen molar-refractivity contribution < 1.29 is 5.11 Å². The number of hydrogen-bond donors (Lipinski definition) is 1. The molecule has 0 aliphatic heterocycles. The van der Waals surface area contributed by atoms with Crippen LogP contribution < -0.4 is 4.90 Å². The first-order chi connectivity index (χ1) is 9.01. The van der Waals surface area contributed by atoms with Gasteiger partial charge in [0.2, 0.25) is 0 Å². The van der Waals surface area contributed by atoms with Crippen LogP contribution in [0.15, 0.2) is 18.2 Å². The molecule has 104 valence electrons. The van der Waals surface area contributed by atoms with Crippen LogP contribution in [0.4, 0.5) is 5.69 Å². The van der Waals surface area contributed by atoms with Gasteiger partial charge in [-0.1, -0.05) is 6.07 Å². The number of thioether (sulfide) groups is 1. The van der Waals surface area contributed by atoms with Crippen LogP contribution in [0.25, 0.3) is 0 Å². The van der Waals surface area contributed by atoms with E-state index in [4.69, 9.17) is 5.26 Å². The second-order valence-corrected chi connectivity index (χ2v) is 5.79. The van der Waals surface area contributed by atoms with Crippen LogP contribution >= 0.6 is 11.8 Å². The fraction of sp³-hybridized carbons (Fsp3) is 0.533. The average molecular weight is 278 g/mol. The molecule has 0 amide bonds. The fourth-order valence-corrected chi connectivity index (χ4v) is 2.57. The highest BCUT2D eigenvalue weighted by atomic mass is 32.2. The molecule has 4 heteroatoms. The van der Waals surface area contributed by atoms with Gasteiger partial charge in [-0.15, -0.1) is 0 Å². The Bertz CT molecular complexity index is 454. The van der Waals surface area contributed by atoms with Gasteiger partial charge in [0.15, 0.2) is 0 Å². The number of rotatable bonds is 6. The van der Waals surface area contributed by atoms with Crippen molar-refractivity contribution in [2.75, 3.05) is 24.0 Å². The van der Waals surface area contributed by atoms with Crippen LogP contribution in [-0.2, 0) is 0 Å². The number of hydrogen-bond acceptors (Lipinski definition) is 4. The Balaban J connectivity index is 3.05. The quantitative estimate of drug-likeness (QED) is 0.868. The number of nitriles is 1. The van der Waals surface area contributed by atoms with E-state index in [9.17, 15) is 5.11 Å². The van der Waals surface area contributed by atoms with E-state index >= 15 is 0 Å². The van der Waals surface area contributed by atoms with Crippen LogP contribution in [0.3, 0.4) is 0 Å². The van der Waals surface area contributed by atoms with E-state index in [0.29, 0.717) is 11.6 Å². The summed E-state index contributed by atoms with van der Waals surface area (Å²) >= 11 is 1.83. The molecule has 2 atom stereocenters. The second-order valence-electron chi connectivity index (χ2n) is 4.80. The third kappa shape index (κ3) is 4.15. The van der Waals surface area contributed by atoms with Crippen LogP contribution in [0, 0.1) is 11.3 Å². The lowest BCUT2D eigenvalue weighted by Gasteiger charge is -2.30.